The average molecular weight is 263 g/mol. The number of ketones is 1. The van der Waals surface area contributed by atoms with E-state index in [2.05, 4.69) is 5.32 Å². The number of carbonyl (C=O) groups is 1. The van der Waals surface area contributed by atoms with E-state index in [1.54, 1.807) is 6.07 Å². The van der Waals surface area contributed by atoms with Crippen molar-refractivity contribution in [3.8, 4) is 0 Å². The number of hydrogen-bond acceptors (Lipinski definition) is 3. The fraction of sp³-hybridized carbons (Fsp3) is 0.533. The summed E-state index contributed by atoms with van der Waals surface area (Å²) in [4.78, 5) is 12.3. The van der Waals surface area contributed by atoms with Crippen molar-refractivity contribution in [2.45, 2.75) is 31.3 Å². The second-order valence-corrected chi connectivity index (χ2v) is 5.54. The van der Waals surface area contributed by atoms with Crippen LogP contribution in [0.5, 0.6) is 0 Å². The van der Waals surface area contributed by atoms with Gasteiger partial charge in [-0.1, -0.05) is 12.1 Å². The minimum atomic E-state index is -0.277. The SMILES string of the molecule is O=C(Cc1cccc(F)c1)C1CC2COCC(C1)N2. The Morgan fingerprint density at radius 2 is 2.05 bits per heavy atom. The molecule has 0 radical (unpaired) electrons. The Morgan fingerprint density at radius 3 is 2.74 bits per heavy atom. The van der Waals surface area contributed by atoms with E-state index in [4.69, 9.17) is 4.74 Å². The van der Waals surface area contributed by atoms with Crippen molar-refractivity contribution in [2.24, 2.45) is 5.92 Å². The maximum atomic E-state index is 13.1. The maximum Gasteiger partial charge on any atom is 0.140 e. The number of fused-ring (bicyclic) bond motifs is 2. The highest BCUT2D eigenvalue weighted by molar-refractivity contribution is 5.83. The lowest BCUT2D eigenvalue weighted by Crippen LogP contribution is -2.55. The van der Waals surface area contributed by atoms with Crippen LogP contribution >= 0.6 is 0 Å². The van der Waals surface area contributed by atoms with Crippen molar-refractivity contribution in [2.75, 3.05) is 13.2 Å². The molecule has 1 N–H and O–H groups in total. The largest absolute Gasteiger partial charge is 0.378 e. The van der Waals surface area contributed by atoms with Crippen molar-refractivity contribution in [1.29, 1.82) is 0 Å². The number of halogens is 1. The third kappa shape index (κ3) is 3.01. The quantitative estimate of drug-likeness (QED) is 0.902. The monoisotopic (exact) mass is 263 g/mol. The van der Waals surface area contributed by atoms with Gasteiger partial charge in [0.15, 0.2) is 0 Å². The summed E-state index contributed by atoms with van der Waals surface area (Å²) >= 11 is 0. The van der Waals surface area contributed by atoms with Gasteiger partial charge in [0, 0.05) is 24.4 Å². The Kier molecular flexibility index (Phi) is 3.62. The number of morpholine rings is 1. The van der Waals surface area contributed by atoms with Crippen LogP contribution in [0.4, 0.5) is 4.39 Å². The number of rotatable bonds is 3. The van der Waals surface area contributed by atoms with Crippen LogP contribution in [0.25, 0.3) is 0 Å². The van der Waals surface area contributed by atoms with E-state index in [9.17, 15) is 9.18 Å². The van der Waals surface area contributed by atoms with Gasteiger partial charge in [-0.05, 0) is 30.5 Å². The molecule has 1 aromatic carbocycles. The minimum absolute atomic E-state index is 0.0865. The standard InChI is InChI=1S/C15H18FNO2/c16-12-3-1-2-10(4-12)5-15(18)11-6-13-8-19-9-14(7-11)17-13/h1-4,11,13-14,17H,5-9H2. The Morgan fingerprint density at radius 1 is 1.32 bits per heavy atom. The van der Waals surface area contributed by atoms with Gasteiger partial charge < -0.3 is 10.1 Å². The molecule has 1 aromatic rings. The highest BCUT2D eigenvalue weighted by Crippen LogP contribution is 2.25. The van der Waals surface area contributed by atoms with Gasteiger partial charge >= 0.3 is 0 Å². The van der Waals surface area contributed by atoms with Gasteiger partial charge in [0.2, 0.25) is 0 Å². The van der Waals surface area contributed by atoms with E-state index >= 15 is 0 Å². The predicted molar refractivity (Wildman–Crippen MR) is 69.4 cm³/mol. The van der Waals surface area contributed by atoms with Gasteiger partial charge in [0.25, 0.3) is 0 Å². The zero-order valence-electron chi connectivity index (χ0n) is 10.8. The Labute approximate surface area is 112 Å². The molecule has 3 nitrogen and oxygen atoms in total. The predicted octanol–water partition coefficient (Wildman–Crippen LogP) is 1.70. The third-order valence-corrected chi connectivity index (χ3v) is 3.97. The molecule has 102 valence electrons. The summed E-state index contributed by atoms with van der Waals surface area (Å²) in [6, 6.07) is 6.92. The van der Waals surface area contributed by atoms with E-state index in [1.807, 2.05) is 6.07 Å². The van der Waals surface area contributed by atoms with Crippen LogP contribution in [0.3, 0.4) is 0 Å². The van der Waals surface area contributed by atoms with Gasteiger partial charge in [0.05, 0.1) is 13.2 Å². The molecule has 2 aliphatic rings. The van der Waals surface area contributed by atoms with E-state index in [1.165, 1.54) is 12.1 Å². The van der Waals surface area contributed by atoms with Gasteiger partial charge in [-0.25, -0.2) is 4.39 Å². The van der Waals surface area contributed by atoms with E-state index < -0.39 is 0 Å². The molecule has 2 saturated heterocycles. The fourth-order valence-electron chi connectivity index (χ4n) is 3.09. The molecule has 2 unspecified atom stereocenters. The molecule has 19 heavy (non-hydrogen) atoms. The zero-order chi connectivity index (χ0) is 13.2. The number of piperidine rings is 1. The summed E-state index contributed by atoms with van der Waals surface area (Å²) in [5.74, 6) is 0.0355. The van der Waals surface area contributed by atoms with Crippen molar-refractivity contribution >= 4 is 5.78 Å². The summed E-state index contributed by atoms with van der Waals surface area (Å²) < 4.78 is 18.6. The molecule has 0 spiro atoms. The van der Waals surface area contributed by atoms with Gasteiger partial charge in [0.1, 0.15) is 11.6 Å². The molecule has 0 saturated carbocycles. The number of hydrogen-bond donors (Lipinski definition) is 1. The van der Waals surface area contributed by atoms with Gasteiger partial charge in [-0.15, -0.1) is 0 Å². The lowest BCUT2D eigenvalue weighted by molar-refractivity contribution is -0.125. The second kappa shape index (κ2) is 5.39. The lowest BCUT2D eigenvalue weighted by atomic mass is 9.82. The first kappa shape index (κ1) is 12.8. The first-order valence-electron chi connectivity index (χ1n) is 6.81. The summed E-state index contributed by atoms with van der Waals surface area (Å²) in [6.45, 7) is 1.39. The highest BCUT2D eigenvalue weighted by Gasteiger charge is 2.34. The number of carbonyl (C=O) groups excluding carboxylic acids is 1. The molecule has 2 bridgehead atoms. The number of benzene rings is 1. The molecule has 2 heterocycles. The maximum absolute atomic E-state index is 13.1. The highest BCUT2D eigenvalue weighted by atomic mass is 19.1. The Balaban J connectivity index is 1.64. The molecule has 0 aliphatic carbocycles. The molecule has 0 aromatic heterocycles. The Bertz CT molecular complexity index is 465. The summed E-state index contributed by atoms with van der Waals surface area (Å²) in [5.41, 5.74) is 0.768. The van der Waals surface area contributed by atoms with Crippen LogP contribution in [0.15, 0.2) is 24.3 Å². The van der Waals surface area contributed by atoms with Crippen molar-refractivity contribution in [3.63, 3.8) is 0 Å². The zero-order valence-corrected chi connectivity index (χ0v) is 10.8. The van der Waals surface area contributed by atoms with Crippen LogP contribution < -0.4 is 5.32 Å². The summed E-state index contributed by atoms with van der Waals surface area (Å²) in [6.07, 6.45) is 2.01. The molecular formula is C15H18FNO2. The van der Waals surface area contributed by atoms with Crippen LogP contribution in [-0.2, 0) is 16.0 Å². The van der Waals surface area contributed by atoms with Crippen LogP contribution in [0.1, 0.15) is 18.4 Å². The summed E-state index contributed by atoms with van der Waals surface area (Å²) in [7, 11) is 0. The molecule has 2 atom stereocenters. The molecule has 4 heteroatoms. The van der Waals surface area contributed by atoms with Crippen molar-refractivity contribution < 1.29 is 13.9 Å². The first-order valence-corrected chi connectivity index (χ1v) is 6.81. The van der Waals surface area contributed by atoms with E-state index in [0.717, 1.165) is 18.4 Å². The smallest absolute Gasteiger partial charge is 0.140 e. The number of Topliss-reactive ketones (excluding diaryl/α,β-unsaturated/α-hetero) is 1. The molecule has 0 amide bonds. The number of ether oxygens (including phenoxy) is 1. The topological polar surface area (TPSA) is 38.3 Å². The average Bonchev–Trinajstić information content (AvgIpc) is 2.38. The molecule has 3 rings (SSSR count). The van der Waals surface area contributed by atoms with Crippen LogP contribution in [0, 0.1) is 11.7 Å². The van der Waals surface area contributed by atoms with Crippen LogP contribution in [-0.4, -0.2) is 31.1 Å². The van der Waals surface area contributed by atoms with Crippen molar-refractivity contribution in [1.82, 2.24) is 5.32 Å². The van der Waals surface area contributed by atoms with Crippen LogP contribution in [0.2, 0.25) is 0 Å². The first-order chi connectivity index (χ1) is 9.20. The van der Waals surface area contributed by atoms with Crippen molar-refractivity contribution in [3.05, 3.63) is 35.6 Å². The fourth-order valence-corrected chi connectivity index (χ4v) is 3.09. The normalized spacial score (nSPS) is 30.1. The lowest BCUT2D eigenvalue weighted by Gasteiger charge is -2.39. The van der Waals surface area contributed by atoms with E-state index in [-0.39, 0.29) is 17.5 Å². The minimum Gasteiger partial charge on any atom is -0.378 e. The Hall–Kier alpha value is -1.26. The third-order valence-electron chi connectivity index (χ3n) is 3.97. The molecule has 2 aliphatic heterocycles. The van der Waals surface area contributed by atoms with E-state index in [0.29, 0.717) is 31.7 Å². The summed E-state index contributed by atoms with van der Waals surface area (Å²) in [5, 5.41) is 3.47. The molecular weight excluding hydrogens is 245 g/mol. The van der Waals surface area contributed by atoms with Gasteiger partial charge in [-0.3, -0.25) is 4.79 Å². The second-order valence-electron chi connectivity index (χ2n) is 5.54. The van der Waals surface area contributed by atoms with Gasteiger partial charge in [-0.2, -0.15) is 0 Å². The number of nitrogens with one attached hydrogen (secondary N) is 1. The molecule has 2 fully saturated rings.